The number of nitrogens with zero attached hydrogens (tertiary/aromatic N) is 4. The molecule has 7 nitrogen and oxygen atoms in total. The van der Waals surface area contributed by atoms with Crippen LogP contribution in [0.1, 0.15) is 28.0 Å². The SMILES string of the molecule is COc1cc(C(F)N(C(=O)c2n[nH]nc2C)c2cccc(Cl)c2)c2cccc(F)c2n1. The van der Waals surface area contributed by atoms with Crippen molar-refractivity contribution in [2.24, 2.45) is 0 Å². The summed E-state index contributed by atoms with van der Waals surface area (Å²) in [6.45, 7) is 1.57. The second kappa shape index (κ2) is 8.27. The molecule has 1 unspecified atom stereocenters. The number of halogens is 3. The molecule has 158 valence electrons. The van der Waals surface area contributed by atoms with E-state index in [1.807, 2.05) is 0 Å². The van der Waals surface area contributed by atoms with Crippen LogP contribution < -0.4 is 9.64 Å². The number of fused-ring (bicyclic) bond motifs is 1. The highest BCUT2D eigenvalue weighted by atomic mass is 35.5. The first-order chi connectivity index (χ1) is 14.9. The van der Waals surface area contributed by atoms with Crippen LogP contribution in [0, 0.1) is 12.7 Å². The van der Waals surface area contributed by atoms with E-state index in [4.69, 9.17) is 16.3 Å². The van der Waals surface area contributed by atoms with Gasteiger partial charge in [0.25, 0.3) is 5.91 Å². The maximum absolute atomic E-state index is 16.2. The van der Waals surface area contributed by atoms with Gasteiger partial charge in [-0.15, -0.1) is 0 Å². The number of aryl methyl sites for hydroxylation is 1. The van der Waals surface area contributed by atoms with Gasteiger partial charge in [-0.05, 0) is 31.2 Å². The Labute approximate surface area is 180 Å². The Kier molecular flexibility index (Phi) is 5.51. The first-order valence-corrected chi connectivity index (χ1v) is 9.52. The molecule has 2 aromatic heterocycles. The Balaban J connectivity index is 1.93. The molecule has 1 N–H and O–H groups in total. The Morgan fingerprint density at radius 2 is 1.97 bits per heavy atom. The Morgan fingerprint density at radius 1 is 1.19 bits per heavy atom. The van der Waals surface area contributed by atoms with Crippen molar-refractivity contribution in [2.45, 2.75) is 13.2 Å². The first kappa shape index (κ1) is 20.7. The van der Waals surface area contributed by atoms with Gasteiger partial charge in [0.1, 0.15) is 11.3 Å². The van der Waals surface area contributed by atoms with Gasteiger partial charge in [-0.1, -0.05) is 29.8 Å². The number of aromatic amines is 1. The van der Waals surface area contributed by atoms with Crippen LogP contribution in [-0.4, -0.2) is 33.4 Å². The third kappa shape index (κ3) is 3.79. The van der Waals surface area contributed by atoms with Crippen LogP contribution in [-0.2, 0) is 0 Å². The Morgan fingerprint density at radius 3 is 2.65 bits per heavy atom. The largest absolute Gasteiger partial charge is 0.481 e. The molecule has 1 atom stereocenters. The topological polar surface area (TPSA) is 84.0 Å². The molecule has 31 heavy (non-hydrogen) atoms. The minimum atomic E-state index is -2.04. The van der Waals surface area contributed by atoms with Crippen LogP contribution in [0.15, 0.2) is 48.5 Å². The van der Waals surface area contributed by atoms with Crippen molar-refractivity contribution in [2.75, 3.05) is 12.0 Å². The average molecular weight is 444 g/mol. The molecule has 0 saturated carbocycles. The zero-order valence-corrected chi connectivity index (χ0v) is 17.2. The summed E-state index contributed by atoms with van der Waals surface area (Å²) < 4.78 is 35.7. The lowest BCUT2D eigenvalue weighted by atomic mass is 10.1. The molecule has 0 aliphatic heterocycles. The van der Waals surface area contributed by atoms with Gasteiger partial charge in [0.05, 0.1) is 12.8 Å². The van der Waals surface area contributed by atoms with E-state index in [0.717, 1.165) is 4.90 Å². The standard InChI is InChI=1S/C21H16ClF2N5O2/c1-11-18(27-28-26-11)21(30)29(13-6-3-5-12(22)9-13)20(24)15-10-17(31-2)25-19-14(15)7-4-8-16(19)23/h3-10,20H,1-2H3,(H,26,27,28). The van der Waals surface area contributed by atoms with Gasteiger partial charge in [0.15, 0.2) is 5.69 Å². The lowest BCUT2D eigenvalue weighted by Gasteiger charge is -2.27. The summed E-state index contributed by atoms with van der Waals surface area (Å²) in [6.07, 6.45) is -2.04. The van der Waals surface area contributed by atoms with E-state index in [1.54, 1.807) is 19.1 Å². The highest BCUT2D eigenvalue weighted by molar-refractivity contribution is 6.31. The summed E-state index contributed by atoms with van der Waals surface area (Å²) in [5.74, 6) is -1.38. The number of nitrogens with one attached hydrogen (secondary N) is 1. The number of benzene rings is 2. The summed E-state index contributed by atoms with van der Waals surface area (Å²) in [5.41, 5.74) is 0.353. The van der Waals surface area contributed by atoms with Gasteiger partial charge >= 0.3 is 0 Å². The third-order valence-corrected chi connectivity index (χ3v) is 4.96. The van der Waals surface area contributed by atoms with E-state index in [2.05, 4.69) is 20.4 Å². The van der Waals surface area contributed by atoms with E-state index in [1.165, 1.54) is 43.5 Å². The summed E-state index contributed by atoms with van der Waals surface area (Å²) in [4.78, 5) is 18.3. The van der Waals surface area contributed by atoms with Crippen LogP contribution in [0.25, 0.3) is 10.9 Å². The lowest BCUT2D eigenvalue weighted by molar-refractivity contribution is 0.0945. The summed E-state index contributed by atoms with van der Waals surface area (Å²) >= 11 is 6.09. The highest BCUT2D eigenvalue weighted by Gasteiger charge is 2.32. The van der Waals surface area contributed by atoms with E-state index in [0.29, 0.717) is 10.7 Å². The monoisotopic (exact) mass is 443 g/mol. The molecule has 0 aliphatic carbocycles. The molecule has 0 radical (unpaired) electrons. The highest BCUT2D eigenvalue weighted by Crippen LogP contribution is 2.36. The van der Waals surface area contributed by atoms with Crippen molar-refractivity contribution in [1.29, 1.82) is 0 Å². The Hall–Kier alpha value is -3.59. The van der Waals surface area contributed by atoms with Crippen LogP contribution in [0.3, 0.4) is 0 Å². The maximum Gasteiger partial charge on any atom is 0.283 e. The number of anilines is 1. The molecule has 2 heterocycles. The second-order valence-electron chi connectivity index (χ2n) is 6.64. The lowest BCUT2D eigenvalue weighted by Crippen LogP contribution is -2.34. The third-order valence-electron chi connectivity index (χ3n) is 4.72. The number of amides is 1. The number of pyridine rings is 1. The summed E-state index contributed by atoms with van der Waals surface area (Å²) in [5, 5.41) is 10.5. The number of para-hydroxylation sites is 1. The van der Waals surface area contributed by atoms with E-state index in [-0.39, 0.29) is 33.7 Å². The number of hydrogen-bond acceptors (Lipinski definition) is 5. The van der Waals surface area contributed by atoms with E-state index >= 15 is 4.39 Å². The smallest absolute Gasteiger partial charge is 0.283 e. The molecule has 1 amide bonds. The fraction of sp³-hybridized carbons (Fsp3) is 0.143. The molecular weight excluding hydrogens is 428 g/mol. The quantitative estimate of drug-likeness (QED) is 0.449. The number of methoxy groups -OCH3 is 1. The molecule has 4 aromatic rings. The number of H-pyrrole nitrogens is 1. The fourth-order valence-electron chi connectivity index (χ4n) is 3.23. The van der Waals surface area contributed by atoms with Gasteiger partial charge in [-0.25, -0.2) is 13.8 Å². The number of carbonyl (C=O) groups excluding carboxylic acids is 1. The summed E-state index contributed by atoms with van der Waals surface area (Å²) in [7, 11) is 1.34. The molecule has 4 rings (SSSR count). The molecular formula is C21H16ClF2N5O2. The molecule has 10 heteroatoms. The normalized spacial score (nSPS) is 12.0. The molecule has 0 spiro atoms. The number of ether oxygens (including phenoxy) is 1. The number of hydrogen-bond donors (Lipinski definition) is 1. The minimum Gasteiger partial charge on any atom is -0.481 e. The van der Waals surface area contributed by atoms with Gasteiger partial charge < -0.3 is 4.74 Å². The molecule has 0 fully saturated rings. The predicted octanol–water partition coefficient (Wildman–Crippen LogP) is 4.78. The van der Waals surface area contributed by atoms with Crippen LogP contribution in [0.2, 0.25) is 5.02 Å². The van der Waals surface area contributed by atoms with E-state index < -0.39 is 18.0 Å². The zero-order valence-electron chi connectivity index (χ0n) is 16.4. The summed E-state index contributed by atoms with van der Waals surface area (Å²) in [6, 6.07) is 11.7. The number of aromatic nitrogens is 4. The molecule has 2 aromatic carbocycles. The molecule has 0 bridgehead atoms. The zero-order chi connectivity index (χ0) is 22.1. The van der Waals surface area contributed by atoms with Crippen LogP contribution >= 0.6 is 11.6 Å². The number of carbonyl (C=O) groups is 1. The number of rotatable bonds is 5. The minimum absolute atomic E-state index is 0.00387. The van der Waals surface area contributed by atoms with Crippen molar-refractivity contribution < 1.29 is 18.3 Å². The molecule has 0 aliphatic rings. The van der Waals surface area contributed by atoms with Crippen molar-refractivity contribution in [3.8, 4) is 5.88 Å². The maximum atomic E-state index is 16.2. The van der Waals surface area contributed by atoms with Crippen LogP contribution in [0.5, 0.6) is 5.88 Å². The second-order valence-corrected chi connectivity index (χ2v) is 7.07. The van der Waals surface area contributed by atoms with Crippen molar-refractivity contribution >= 4 is 34.1 Å². The van der Waals surface area contributed by atoms with Crippen molar-refractivity contribution in [3.63, 3.8) is 0 Å². The molecule has 0 saturated heterocycles. The van der Waals surface area contributed by atoms with Gasteiger partial charge in [-0.3, -0.25) is 9.69 Å². The average Bonchev–Trinajstić information content (AvgIpc) is 3.19. The van der Waals surface area contributed by atoms with E-state index in [9.17, 15) is 9.18 Å². The van der Waals surface area contributed by atoms with Crippen molar-refractivity contribution in [3.05, 3.63) is 76.3 Å². The van der Waals surface area contributed by atoms with Gasteiger partial charge in [-0.2, -0.15) is 15.4 Å². The number of alkyl halides is 1. The Bertz CT molecular complexity index is 1280. The first-order valence-electron chi connectivity index (χ1n) is 9.14. The van der Waals surface area contributed by atoms with Crippen LogP contribution in [0.4, 0.5) is 14.5 Å². The van der Waals surface area contributed by atoms with Gasteiger partial charge in [0, 0.05) is 27.7 Å². The van der Waals surface area contributed by atoms with Crippen molar-refractivity contribution in [1.82, 2.24) is 20.4 Å². The van der Waals surface area contributed by atoms with Gasteiger partial charge in [0.2, 0.25) is 12.2 Å². The predicted molar refractivity (Wildman–Crippen MR) is 111 cm³/mol. The fourth-order valence-corrected chi connectivity index (χ4v) is 3.42.